The first kappa shape index (κ1) is 12.8. The van der Waals surface area contributed by atoms with Crippen molar-refractivity contribution in [3.63, 3.8) is 0 Å². The number of hydrogen-bond donors (Lipinski definition) is 0. The molecule has 0 nitrogen and oxygen atoms in total. The average Bonchev–Trinajstić information content (AvgIpc) is 1.86. The Bertz CT molecular complexity index is 103. The maximum absolute atomic E-state index is 2.46. The van der Waals surface area contributed by atoms with Crippen molar-refractivity contribution in [2.45, 2.75) is 64.7 Å². The predicted octanol–water partition coefficient (Wildman–Crippen LogP) is 4.69. The molecule has 0 heterocycles. The van der Waals surface area contributed by atoms with E-state index in [1.165, 1.54) is 4.44 Å². The third-order valence-corrected chi connectivity index (χ3v) is 25.7. The molecule has 74 valence electrons. The van der Waals surface area contributed by atoms with Crippen molar-refractivity contribution in [3.8, 4) is 0 Å². The van der Waals surface area contributed by atoms with Gasteiger partial charge >= 0.3 is 83.1 Å². The van der Waals surface area contributed by atoms with Gasteiger partial charge in [0.15, 0.2) is 0 Å². The molecule has 0 aromatic rings. The number of hydrogen-bond acceptors (Lipinski definition) is 0. The summed E-state index contributed by atoms with van der Waals surface area (Å²) < 4.78 is 4.53. The van der Waals surface area contributed by atoms with Gasteiger partial charge in [0.05, 0.1) is 0 Å². The van der Waals surface area contributed by atoms with Crippen LogP contribution in [0.2, 0.25) is 16.2 Å². The second kappa shape index (κ2) is 4.88. The zero-order chi connectivity index (χ0) is 9.94. The van der Waals surface area contributed by atoms with Gasteiger partial charge in [-0.05, 0) is 0 Å². The fourth-order valence-corrected chi connectivity index (χ4v) is 21.6. The summed E-state index contributed by atoms with van der Waals surface area (Å²) in [5.41, 5.74) is 0. The molecule has 0 aliphatic heterocycles. The standard InChI is InChI=1S/3C3H7.C2H5.Sn/c3*1-3-2;1-2;/h3*3H,1-2H3;1H2,2H3;. The third-order valence-electron chi connectivity index (χ3n) is 3.84. The van der Waals surface area contributed by atoms with E-state index in [1.807, 2.05) is 0 Å². The second-order valence-corrected chi connectivity index (χ2v) is 23.2. The van der Waals surface area contributed by atoms with Crippen LogP contribution in [0.25, 0.3) is 0 Å². The first-order valence-corrected chi connectivity index (χ1v) is 12.4. The average molecular weight is 277 g/mol. The normalized spacial score (nSPS) is 13.5. The summed E-state index contributed by atoms with van der Waals surface area (Å²) >= 11 is -1.79. The van der Waals surface area contributed by atoms with Crippen molar-refractivity contribution in [2.75, 3.05) is 0 Å². The fourth-order valence-electron chi connectivity index (χ4n) is 3.22. The van der Waals surface area contributed by atoms with Crippen molar-refractivity contribution in [2.24, 2.45) is 0 Å². The van der Waals surface area contributed by atoms with Crippen LogP contribution in [0, 0.1) is 0 Å². The van der Waals surface area contributed by atoms with Crippen molar-refractivity contribution in [1.29, 1.82) is 0 Å². The summed E-state index contributed by atoms with van der Waals surface area (Å²) in [7, 11) is 0. The van der Waals surface area contributed by atoms with Gasteiger partial charge in [-0.15, -0.1) is 0 Å². The van der Waals surface area contributed by atoms with Gasteiger partial charge in [-0.1, -0.05) is 0 Å². The van der Waals surface area contributed by atoms with Crippen molar-refractivity contribution < 1.29 is 0 Å². The summed E-state index contributed by atoms with van der Waals surface area (Å²) in [6.07, 6.45) is 0. The topological polar surface area (TPSA) is 0 Å². The Morgan fingerprint density at radius 2 is 1.00 bits per heavy atom. The van der Waals surface area contributed by atoms with E-state index in [-0.39, 0.29) is 0 Å². The van der Waals surface area contributed by atoms with Crippen molar-refractivity contribution >= 4 is 18.4 Å². The maximum atomic E-state index is 2.46. The van der Waals surface area contributed by atoms with Crippen molar-refractivity contribution in [1.82, 2.24) is 0 Å². The Balaban J connectivity index is 4.77. The Kier molecular flexibility index (Phi) is 5.20. The van der Waals surface area contributed by atoms with Crippen LogP contribution in [0.4, 0.5) is 0 Å². The third kappa shape index (κ3) is 2.18. The molecule has 12 heavy (non-hydrogen) atoms. The first-order chi connectivity index (χ1) is 5.39. The van der Waals surface area contributed by atoms with E-state index in [0.29, 0.717) is 0 Å². The zero-order valence-electron chi connectivity index (χ0n) is 9.94. The quantitative estimate of drug-likeness (QED) is 0.654. The fraction of sp³-hybridized carbons (Fsp3) is 1.00. The second-order valence-electron chi connectivity index (χ2n) is 4.93. The molecule has 0 saturated carbocycles. The Morgan fingerprint density at radius 1 is 0.750 bits per heavy atom. The van der Waals surface area contributed by atoms with Gasteiger partial charge in [0.2, 0.25) is 0 Å². The molecular weight excluding hydrogens is 251 g/mol. The minimum absolute atomic E-state index is 1.00. The molecule has 0 aromatic carbocycles. The molecule has 0 N–H and O–H groups in total. The van der Waals surface area contributed by atoms with Crippen LogP contribution in [0.5, 0.6) is 0 Å². The van der Waals surface area contributed by atoms with Crippen LogP contribution < -0.4 is 0 Å². The van der Waals surface area contributed by atoms with Gasteiger partial charge in [-0.25, -0.2) is 0 Å². The monoisotopic (exact) mass is 278 g/mol. The summed E-state index contributed by atoms with van der Waals surface area (Å²) in [6, 6.07) is 0. The molecular formula is C11H26Sn. The molecule has 0 unspecified atom stereocenters. The molecule has 0 radical (unpaired) electrons. The van der Waals surface area contributed by atoms with Crippen LogP contribution >= 0.6 is 0 Å². The molecule has 0 aliphatic rings. The SMILES string of the molecule is C[CH2][Sn]([CH](C)C)([CH](C)C)[CH](C)C. The van der Waals surface area contributed by atoms with E-state index < -0.39 is 18.4 Å². The predicted molar refractivity (Wildman–Crippen MR) is 61.5 cm³/mol. The summed E-state index contributed by atoms with van der Waals surface area (Å²) in [5.74, 6) is 0. The minimum atomic E-state index is -1.79. The van der Waals surface area contributed by atoms with Crippen molar-refractivity contribution in [3.05, 3.63) is 0 Å². The van der Waals surface area contributed by atoms with Crippen LogP contribution in [-0.4, -0.2) is 18.4 Å². The molecule has 0 bridgehead atoms. The van der Waals surface area contributed by atoms with Gasteiger partial charge in [-0.2, -0.15) is 0 Å². The van der Waals surface area contributed by atoms with Crippen LogP contribution in [0.1, 0.15) is 48.5 Å². The van der Waals surface area contributed by atoms with Crippen LogP contribution in [0.15, 0.2) is 0 Å². The van der Waals surface area contributed by atoms with Crippen LogP contribution in [-0.2, 0) is 0 Å². The molecule has 0 aromatic heterocycles. The summed E-state index contributed by atoms with van der Waals surface area (Å²) in [5, 5.41) is 0. The molecule has 0 aliphatic carbocycles. The van der Waals surface area contributed by atoms with E-state index in [9.17, 15) is 0 Å². The molecule has 0 atom stereocenters. The first-order valence-electron chi connectivity index (χ1n) is 5.39. The van der Waals surface area contributed by atoms with E-state index in [1.54, 1.807) is 0 Å². The Labute approximate surface area is 83.0 Å². The van der Waals surface area contributed by atoms with Gasteiger partial charge in [0, 0.05) is 0 Å². The molecule has 0 spiro atoms. The van der Waals surface area contributed by atoms with Gasteiger partial charge < -0.3 is 0 Å². The zero-order valence-corrected chi connectivity index (χ0v) is 12.8. The molecule has 0 saturated heterocycles. The number of rotatable bonds is 4. The molecule has 1 heteroatoms. The van der Waals surface area contributed by atoms with Gasteiger partial charge in [0.1, 0.15) is 0 Å². The summed E-state index contributed by atoms with van der Waals surface area (Å²) in [6.45, 7) is 17.2. The van der Waals surface area contributed by atoms with E-state index in [0.717, 1.165) is 11.8 Å². The van der Waals surface area contributed by atoms with E-state index in [4.69, 9.17) is 0 Å². The Morgan fingerprint density at radius 3 is 1.00 bits per heavy atom. The Hall–Kier alpha value is 0.799. The van der Waals surface area contributed by atoms with Gasteiger partial charge in [0.25, 0.3) is 0 Å². The van der Waals surface area contributed by atoms with Crippen LogP contribution in [0.3, 0.4) is 0 Å². The summed E-state index contributed by atoms with van der Waals surface area (Å²) in [4.78, 5) is 0. The van der Waals surface area contributed by atoms with E-state index in [2.05, 4.69) is 48.5 Å². The molecule has 0 amide bonds. The van der Waals surface area contributed by atoms with Gasteiger partial charge in [-0.3, -0.25) is 0 Å². The molecule has 0 rings (SSSR count). The molecule has 0 fully saturated rings. The van der Waals surface area contributed by atoms with E-state index >= 15 is 0 Å².